The van der Waals surface area contributed by atoms with Crippen molar-refractivity contribution in [2.24, 2.45) is 0 Å². The van der Waals surface area contributed by atoms with Gasteiger partial charge in [-0.25, -0.2) is 0 Å². The molecule has 2 nitrogen and oxygen atoms in total. The van der Waals surface area contributed by atoms with Crippen LogP contribution in [0.15, 0.2) is 0 Å². The Kier molecular flexibility index (Phi) is 3.00. The number of alkyl halides is 1. The first kappa shape index (κ1) is 7.86. The van der Waals surface area contributed by atoms with Gasteiger partial charge < -0.3 is 4.74 Å². The molecular formula is C7H11ClO2. The third kappa shape index (κ3) is 2.18. The van der Waals surface area contributed by atoms with Crippen molar-refractivity contribution in [3.05, 3.63) is 0 Å². The van der Waals surface area contributed by atoms with Crippen molar-refractivity contribution >= 4 is 18.1 Å². The number of rotatable bonds is 2. The third-order valence-corrected chi connectivity index (χ3v) is 2.29. The molecule has 3 heteroatoms. The normalized spacial score (nSPS) is 33.3. The zero-order valence-electron chi connectivity index (χ0n) is 5.75. The highest BCUT2D eigenvalue weighted by molar-refractivity contribution is 6.20. The summed E-state index contributed by atoms with van der Waals surface area (Å²) in [5.41, 5.74) is 0. The van der Waals surface area contributed by atoms with Gasteiger partial charge in [-0.15, -0.1) is 11.6 Å². The molecule has 0 heterocycles. The zero-order chi connectivity index (χ0) is 7.40. The van der Waals surface area contributed by atoms with E-state index in [1.54, 1.807) is 0 Å². The maximum Gasteiger partial charge on any atom is 0.293 e. The Morgan fingerprint density at radius 2 is 1.90 bits per heavy atom. The van der Waals surface area contributed by atoms with Gasteiger partial charge in [0, 0.05) is 5.38 Å². The van der Waals surface area contributed by atoms with Crippen LogP contribution in [0.25, 0.3) is 0 Å². The number of ether oxygens (including phenoxy) is 1. The van der Waals surface area contributed by atoms with Crippen LogP contribution in [0.3, 0.4) is 0 Å². The van der Waals surface area contributed by atoms with Crippen LogP contribution in [0.5, 0.6) is 0 Å². The first-order chi connectivity index (χ1) is 4.83. The van der Waals surface area contributed by atoms with Crippen molar-refractivity contribution < 1.29 is 9.53 Å². The monoisotopic (exact) mass is 162 g/mol. The molecule has 0 spiro atoms. The number of carbonyl (C=O) groups is 1. The minimum atomic E-state index is 0.132. The fourth-order valence-corrected chi connectivity index (χ4v) is 1.49. The molecule has 0 radical (unpaired) electrons. The van der Waals surface area contributed by atoms with E-state index < -0.39 is 0 Å². The summed E-state index contributed by atoms with van der Waals surface area (Å²) in [4.78, 5) is 9.90. The summed E-state index contributed by atoms with van der Waals surface area (Å²) < 4.78 is 4.79. The van der Waals surface area contributed by atoms with E-state index in [0.29, 0.717) is 11.8 Å². The molecule has 0 bridgehead atoms. The molecule has 1 aliphatic rings. The second-order valence-electron chi connectivity index (χ2n) is 2.61. The van der Waals surface area contributed by atoms with Crippen molar-refractivity contribution in [3.8, 4) is 0 Å². The highest BCUT2D eigenvalue weighted by atomic mass is 35.5. The number of carbonyl (C=O) groups excluding carboxylic acids is 1. The van der Waals surface area contributed by atoms with Gasteiger partial charge in [-0.3, -0.25) is 4.79 Å². The average Bonchev–Trinajstić information content (AvgIpc) is 1.95. The van der Waals surface area contributed by atoms with Gasteiger partial charge in [0.25, 0.3) is 6.47 Å². The van der Waals surface area contributed by atoms with Gasteiger partial charge in [0.2, 0.25) is 0 Å². The second kappa shape index (κ2) is 3.81. The van der Waals surface area contributed by atoms with Gasteiger partial charge >= 0.3 is 0 Å². The molecule has 0 aromatic heterocycles. The molecule has 0 saturated heterocycles. The Bertz CT molecular complexity index is 108. The summed E-state index contributed by atoms with van der Waals surface area (Å²) in [6.07, 6.45) is 3.92. The van der Waals surface area contributed by atoms with E-state index in [-0.39, 0.29) is 6.10 Å². The summed E-state index contributed by atoms with van der Waals surface area (Å²) in [6, 6.07) is 0. The highest BCUT2D eigenvalue weighted by Crippen LogP contribution is 2.24. The van der Waals surface area contributed by atoms with Crippen molar-refractivity contribution in [2.45, 2.75) is 37.2 Å². The van der Waals surface area contributed by atoms with E-state index in [0.717, 1.165) is 25.7 Å². The lowest BCUT2D eigenvalue weighted by Gasteiger charge is -2.22. The van der Waals surface area contributed by atoms with Gasteiger partial charge in [0.05, 0.1) is 0 Å². The van der Waals surface area contributed by atoms with Crippen LogP contribution in [0.4, 0.5) is 0 Å². The van der Waals surface area contributed by atoms with E-state index in [1.807, 2.05) is 0 Å². The molecule has 1 fully saturated rings. The molecule has 1 saturated carbocycles. The quantitative estimate of drug-likeness (QED) is 0.457. The topological polar surface area (TPSA) is 26.3 Å². The lowest BCUT2D eigenvalue weighted by atomic mass is 9.97. The van der Waals surface area contributed by atoms with Crippen molar-refractivity contribution in [3.63, 3.8) is 0 Å². The van der Waals surface area contributed by atoms with E-state index in [4.69, 9.17) is 16.3 Å². The van der Waals surface area contributed by atoms with E-state index >= 15 is 0 Å². The molecule has 58 valence electrons. The average molecular weight is 163 g/mol. The smallest absolute Gasteiger partial charge is 0.293 e. The van der Waals surface area contributed by atoms with Gasteiger partial charge in [0.1, 0.15) is 6.10 Å². The fraction of sp³-hybridized carbons (Fsp3) is 0.857. The van der Waals surface area contributed by atoms with Crippen LogP contribution in [0, 0.1) is 0 Å². The van der Waals surface area contributed by atoms with Crippen LogP contribution in [0.1, 0.15) is 25.7 Å². The van der Waals surface area contributed by atoms with E-state index in [2.05, 4.69) is 0 Å². The standard InChI is InChI=1S/C7H11ClO2/c8-6-1-3-7(4-2-6)10-5-9/h5-7H,1-4H2. The van der Waals surface area contributed by atoms with Crippen LogP contribution >= 0.6 is 11.6 Å². The summed E-state index contributed by atoms with van der Waals surface area (Å²) in [6.45, 7) is 0.527. The Morgan fingerprint density at radius 3 is 2.40 bits per heavy atom. The second-order valence-corrected chi connectivity index (χ2v) is 3.22. The van der Waals surface area contributed by atoms with Gasteiger partial charge in [0.15, 0.2) is 0 Å². The number of hydrogen-bond acceptors (Lipinski definition) is 2. The van der Waals surface area contributed by atoms with Crippen LogP contribution in [0.2, 0.25) is 0 Å². The predicted octanol–water partition coefficient (Wildman–Crippen LogP) is 1.71. The third-order valence-electron chi connectivity index (χ3n) is 1.85. The van der Waals surface area contributed by atoms with Gasteiger partial charge in [-0.2, -0.15) is 0 Å². The molecule has 0 aromatic carbocycles. The summed E-state index contributed by atoms with van der Waals surface area (Å²) in [5.74, 6) is 0. The molecular weight excluding hydrogens is 152 g/mol. The molecule has 10 heavy (non-hydrogen) atoms. The minimum absolute atomic E-state index is 0.132. The molecule has 0 unspecified atom stereocenters. The molecule has 0 N–H and O–H groups in total. The number of hydrogen-bond donors (Lipinski definition) is 0. The van der Waals surface area contributed by atoms with Crippen molar-refractivity contribution in [1.29, 1.82) is 0 Å². The lowest BCUT2D eigenvalue weighted by Crippen LogP contribution is -2.21. The maximum absolute atomic E-state index is 9.90. The Labute approximate surface area is 65.5 Å². The molecule has 1 aliphatic carbocycles. The molecule has 0 aliphatic heterocycles. The maximum atomic E-state index is 9.90. The van der Waals surface area contributed by atoms with Crippen LogP contribution in [-0.4, -0.2) is 18.0 Å². The molecule has 0 atom stereocenters. The van der Waals surface area contributed by atoms with Gasteiger partial charge in [-0.05, 0) is 25.7 Å². The lowest BCUT2D eigenvalue weighted by molar-refractivity contribution is -0.134. The Hall–Kier alpha value is -0.240. The van der Waals surface area contributed by atoms with Gasteiger partial charge in [-0.1, -0.05) is 0 Å². The highest BCUT2D eigenvalue weighted by Gasteiger charge is 2.19. The first-order valence-electron chi connectivity index (χ1n) is 3.56. The minimum Gasteiger partial charge on any atom is -0.465 e. The largest absolute Gasteiger partial charge is 0.465 e. The fourth-order valence-electron chi connectivity index (χ4n) is 1.24. The Morgan fingerprint density at radius 1 is 1.30 bits per heavy atom. The van der Waals surface area contributed by atoms with E-state index in [1.165, 1.54) is 0 Å². The summed E-state index contributed by atoms with van der Waals surface area (Å²) in [7, 11) is 0. The SMILES string of the molecule is O=COC1CCC(Cl)CC1. The van der Waals surface area contributed by atoms with E-state index in [9.17, 15) is 4.79 Å². The van der Waals surface area contributed by atoms with Crippen LogP contribution in [-0.2, 0) is 9.53 Å². The molecule has 1 rings (SSSR count). The van der Waals surface area contributed by atoms with Crippen molar-refractivity contribution in [1.82, 2.24) is 0 Å². The first-order valence-corrected chi connectivity index (χ1v) is 3.99. The van der Waals surface area contributed by atoms with Crippen LogP contribution < -0.4 is 0 Å². The van der Waals surface area contributed by atoms with Crippen molar-refractivity contribution in [2.75, 3.05) is 0 Å². The zero-order valence-corrected chi connectivity index (χ0v) is 6.51. The predicted molar refractivity (Wildman–Crippen MR) is 39.0 cm³/mol. The number of halogens is 1. The summed E-state index contributed by atoms with van der Waals surface area (Å²) in [5, 5.41) is 0.298. The summed E-state index contributed by atoms with van der Waals surface area (Å²) >= 11 is 5.84. The molecule has 0 amide bonds. The Balaban J connectivity index is 2.19. The molecule has 0 aromatic rings.